The number of aromatic nitrogens is 1. The first-order valence-corrected chi connectivity index (χ1v) is 8.47. The predicted molar refractivity (Wildman–Crippen MR) is 97.4 cm³/mol. The first kappa shape index (κ1) is 15.2. The molecule has 0 saturated carbocycles. The molecular formula is C21H21NO2. The van der Waals surface area contributed by atoms with Crippen molar-refractivity contribution < 1.29 is 4.74 Å². The third-order valence-electron chi connectivity index (χ3n) is 4.84. The van der Waals surface area contributed by atoms with Gasteiger partial charge in [-0.15, -0.1) is 0 Å². The van der Waals surface area contributed by atoms with E-state index < -0.39 is 0 Å². The van der Waals surface area contributed by atoms with Crippen molar-refractivity contribution in [2.24, 2.45) is 7.05 Å². The Kier molecular flexibility index (Phi) is 3.54. The van der Waals surface area contributed by atoms with Crippen LogP contribution in [0, 0.1) is 6.92 Å². The zero-order chi connectivity index (χ0) is 16.8. The van der Waals surface area contributed by atoms with Crippen molar-refractivity contribution in [1.29, 1.82) is 0 Å². The molecule has 0 aliphatic heterocycles. The maximum absolute atomic E-state index is 12.9. The lowest BCUT2D eigenvalue weighted by atomic mass is 10.00. The summed E-state index contributed by atoms with van der Waals surface area (Å²) in [5.74, 6) is 0. The summed E-state index contributed by atoms with van der Waals surface area (Å²) < 4.78 is 8.01. The molecule has 1 aromatic heterocycles. The fraction of sp³-hybridized carbons (Fsp3) is 0.286. The number of rotatable bonds is 3. The van der Waals surface area contributed by atoms with E-state index in [-0.39, 0.29) is 11.7 Å². The largest absolute Gasteiger partial charge is 0.369 e. The topological polar surface area (TPSA) is 31.2 Å². The van der Waals surface area contributed by atoms with Crippen LogP contribution in [-0.4, -0.2) is 11.2 Å². The van der Waals surface area contributed by atoms with E-state index in [9.17, 15) is 4.79 Å². The van der Waals surface area contributed by atoms with Gasteiger partial charge in [-0.25, -0.2) is 0 Å². The monoisotopic (exact) mass is 319 g/mol. The van der Waals surface area contributed by atoms with Crippen molar-refractivity contribution in [3.63, 3.8) is 0 Å². The van der Waals surface area contributed by atoms with Crippen LogP contribution in [0.25, 0.3) is 22.0 Å². The number of benzene rings is 2. The highest BCUT2D eigenvalue weighted by Crippen LogP contribution is 2.47. The van der Waals surface area contributed by atoms with E-state index in [0.29, 0.717) is 6.61 Å². The molecule has 3 heteroatoms. The number of aryl methyl sites for hydroxylation is 1. The summed E-state index contributed by atoms with van der Waals surface area (Å²) in [5, 5.41) is 1.78. The van der Waals surface area contributed by atoms with Gasteiger partial charge in [-0.1, -0.05) is 48.9 Å². The highest BCUT2D eigenvalue weighted by Gasteiger charge is 2.33. The first-order chi connectivity index (χ1) is 11.6. The van der Waals surface area contributed by atoms with Gasteiger partial charge >= 0.3 is 0 Å². The van der Waals surface area contributed by atoms with E-state index in [4.69, 9.17) is 4.74 Å². The molecule has 0 bridgehead atoms. The summed E-state index contributed by atoms with van der Waals surface area (Å²) in [5.41, 5.74) is 5.60. The fourth-order valence-corrected chi connectivity index (χ4v) is 3.75. The molecule has 0 fully saturated rings. The zero-order valence-electron chi connectivity index (χ0n) is 14.3. The van der Waals surface area contributed by atoms with Gasteiger partial charge < -0.3 is 9.30 Å². The second kappa shape index (κ2) is 5.60. The minimum atomic E-state index is -0.104. The van der Waals surface area contributed by atoms with Crippen molar-refractivity contribution in [3.05, 3.63) is 69.5 Å². The van der Waals surface area contributed by atoms with Crippen molar-refractivity contribution in [2.75, 3.05) is 6.61 Å². The molecule has 4 rings (SSSR count). The zero-order valence-corrected chi connectivity index (χ0v) is 14.3. The second-order valence-electron chi connectivity index (χ2n) is 6.51. The number of nitrogens with zero attached hydrogens (tertiary/aromatic N) is 1. The summed E-state index contributed by atoms with van der Waals surface area (Å²) in [6, 6.07) is 14.3. The Morgan fingerprint density at radius 2 is 1.92 bits per heavy atom. The summed E-state index contributed by atoms with van der Waals surface area (Å²) >= 11 is 0. The van der Waals surface area contributed by atoms with Crippen LogP contribution in [-0.2, 0) is 11.8 Å². The lowest BCUT2D eigenvalue weighted by molar-refractivity contribution is 0.0843. The van der Waals surface area contributed by atoms with E-state index >= 15 is 0 Å². The molecule has 0 amide bonds. The van der Waals surface area contributed by atoms with Crippen LogP contribution in [0.2, 0.25) is 0 Å². The number of fused-ring (bicyclic) bond motifs is 5. The molecule has 1 aliphatic rings. The Labute approximate surface area is 141 Å². The Hall–Kier alpha value is -2.39. The van der Waals surface area contributed by atoms with Gasteiger partial charge in [0.2, 0.25) is 0 Å². The van der Waals surface area contributed by atoms with Gasteiger partial charge in [0.05, 0.1) is 5.69 Å². The molecule has 1 heterocycles. The van der Waals surface area contributed by atoms with E-state index in [1.165, 1.54) is 0 Å². The summed E-state index contributed by atoms with van der Waals surface area (Å²) in [6.45, 7) is 4.88. The van der Waals surface area contributed by atoms with Crippen LogP contribution in [0.5, 0.6) is 0 Å². The first-order valence-electron chi connectivity index (χ1n) is 8.47. The lowest BCUT2D eigenvalue weighted by Gasteiger charge is -2.17. The van der Waals surface area contributed by atoms with Crippen LogP contribution >= 0.6 is 0 Å². The van der Waals surface area contributed by atoms with Crippen molar-refractivity contribution >= 4 is 10.8 Å². The van der Waals surface area contributed by atoms with Gasteiger partial charge in [-0.05, 0) is 30.4 Å². The van der Waals surface area contributed by atoms with E-state index in [1.54, 1.807) is 4.57 Å². The summed E-state index contributed by atoms with van der Waals surface area (Å²) in [4.78, 5) is 12.9. The van der Waals surface area contributed by atoms with Crippen LogP contribution in [0.15, 0.2) is 47.3 Å². The normalized spacial score (nSPS) is 15.5. The van der Waals surface area contributed by atoms with E-state index in [0.717, 1.165) is 45.1 Å². The average Bonchev–Trinajstić information content (AvgIpc) is 2.92. The van der Waals surface area contributed by atoms with Crippen LogP contribution in [0.3, 0.4) is 0 Å². The molecule has 0 spiro atoms. The third-order valence-corrected chi connectivity index (χ3v) is 4.84. The molecule has 2 aromatic carbocycles. The van der Waals surface area contributed by atoms with Gasteiger partial charge in [-0.2, -0.15) is 0 Å². The highest BCUT2D eigenvalue weighted by atomic mass is 16.5. The molecule has 1 aliphatic carbocycles. The SMILES string of the molecule is CCCOC1c2ccccc2-c2c1c1cc(C)ccc1c(=O)n2C. The number of ether oxygens (including phenoxy) is 1. The second-order valence-corrected chi connectivity index (χ2v) is 6.51. The lowest BCUT2D eigenvalue weighted by Crippen LogP contribution is -2.20. The molecule has 0 N–H and O–H groups in total. The molecule has 1 atom stereocenters. The van der Waals surface area contributed by atoms with Crippen molar-refractivity contribution in [2.45, 2.75) is 26.4 Å². The molecule has 1 unspecified atom stereocenters. The number of hydrogen-bond acceptors (Lipinski definition) is 2. The predicted octanol–water partition coefficient (Wildman–Crippen LogP) is 4.34. The van der Waals surface area contributed by atoms with Crippen molar-refractivity contribution in [3.8, 4) is 11.3 Å². The molecule has 122 valence electrons. The fourth-order valence-electron chi connectivity index (χ4n) is 3.75. The Morgan fingerprint density at radius 3 is 2.71 bits per heavy atom. The third kappa shape index (κ3) is 2.05. The van der Waals surface area contributed by atoms with Crippen molar-refractivity contribution in [1.82, 2.24) is 4.57 Å². The van der Waals surface area contributed by atoms with Gasteiger partial charge in [0.25, 0.3) is 5.56 Å². The smallest absolute Gasteiger partial charge is 0.258 e. The quantitative estimate of drug-likeness (QED) is 0.719. The van der Waals surface area contributed by atoms with Crippen LogP contribution in [0.4, 0.5) is 0 Å². The standard InChI is InChI=1S/C21H21NO2/c1-4-11-24-20-15-8-6-5-7-14(15)19-18(20)17-12-13(2)9-10-16(17)21(23)22(19)3/h5-10,12,20H,4,11H2,1-3H3. The maximum atomic E-state index is 12.9. The molecule has 3 nitrogen and oxygen atoms in total. The minimum Gasteiger partial charge on any atom is -0.369 e. The molecule has 24 heavy (non-hydrogen) atoms. The van der Waals surface area contributed by atoms with Gasteiger partial charge in [0, 0.05) is 30.2 Å². The summed E-state index contributed by atoms with van der Waals surface area (Å²) in [7, 11) is 1.86. The number of hydrogen-bond donors (Lipinski definition) is 0. The van der Waals surface area contributed by atoms with E-state index in [2.05, 4.69) is 32.0 Å². The average molecular weight is 319 g/mol. The highest BCUT2D eigenvalue weighted by molar-refractivity contribution is 5.94. The minimum absolute atomic E-state index is 0.0506. The Balaban J connectivity index is 2.13. The Bertz CT molecular complexity index is 1000. The van der Waals surface area contributed by atoms with Gasteiger partial charge in [0.15, 0.2) is 0 Å². The molecule has 3 aromatic rings. The van der Waals surface area contributed by atoms with Gasteiger partial charge in [-0.3, -0.25) is 4.79 Å². The Morgan fingerprint density at radius 1 is 1.12 bits per heavy atom. The van der Waals surface area contributed by atoms with Crippen LogP contribution < -0.4 is 5.56 Å². The summed E-state index contributed by atoms with van der Waals surface area (Å²) in [6.07, 6.45) is 0.865. The molecule has 0 radical (unpaired) electrons. The molecular weight excluding hydrogens is 298 g/mol. The van der Waals surface area contributed by atoms with E-state index in [1.807, 2.05) is 31.3 Å². The maximum Gasteiger partial charge on any atom is 0.258 e. The number of pyridine rings is 1. The molecule has 0 saturated heterocycles. The van der Waals surface area contributed by atoms with Crippen LogP contribution in [0.1, 0.15) is 36.1 Å². The van der Waals surface area contributed by atoms with Gasteiger partial charge in [0.1, 0.15) is 6.10 Å².